The maximum Gasteiger partial charge on any atom is 0.120 e. The van der Waals surface area contributed by atoms with E-state index in [1.54, 1.807) is 0 Å². The van der Waals surface area contributed by atoms with Crippen molar-refractivity contribution in [3.8, 4) is 5.75 Å². The van der Waals surface area contributed by atoms with E-state index in [-0.39, 0.29) is 11.6 Å². The average Bonchev–Trinajstić information content (AvgIpc) is 2.15. The molecule has 2 nitrogen and oxygen atoms in total. The first kappa shape index (κ1) is 14.0. The van der Waals surface area contributed by atoms with Gasteiger partial charge in [-0.1, -0.05) is 26.0 Å². The van der Waals surface area contributed by atoms with Crippen molar-refractivity contribution in [2.45, 2.75) is 52.7 Å². The van der Waals surface area contributed by atoms with Crippen molar-refractivity contribution in [2.75, 3.05) is 0 Å². The fourth-order valence-electron chi connectivity index (χ4n) is 1.78. The third-order valence-corrected chi connectivity index (χ3v) is 2.46. The highest BCUT2D eigenvalue weighted by molar-refractivity contribution is 5.29. The van der Waals surface area contributed by atoms with Crippen LogP contribution in [0.4, 0.5) is 0 Å². The summed E-state index contributed by atoms with van der Waals surface area (Å²) < 4.78 is 5.78. The van der Waals surface area contributed by atoms with E-state index in [0.29, 0.717) is 5.92 Å². The number of hydrogen-bond donors (Lipinski definition) is 1. The topological polar surface area (TPSA) is 35.2 Å². The molecule has 0 aliphatic rings. The SMILES string of the molecule is CC(C)C[C@@H](N)c1ccc(OC(C)(C)C)cc1. The van der Waals surface area contributed by atoms with Gasteiger partial charge in [0.1, 0.15) is 11.4 Å². The predicted molar refractivity (Wildman–Crippen MR) is 73.2 cm³/mol. The Bertz CT molecular complexity index is 335. The minimum atomic E-state index is -0.151. The predicted octanol–water partition coefficient (Wildman–Crippen LogP) is 3.91. The molecule has 0 spiro atoms. The quantitative estimate of drug-likeness (QED) is 0.858. The monoisotopic (exact) mass is 235 g/mol. The Balaban J connectivity index is 2.67. The standard InChI is InChI=1S/C15H25NO/c1-11(2)10-14(16)12-6-8-13(9-7-12)17-15(3,4)5/h6-9,11,14H,10,16H2,1-5H3/t14-/m1/s1. The van der Waals surface area contributed by atoms with Crippen LogP contribution in [0.5, 0.6) is 5.75 Å². The van der Waals surface area contributed by atoms with Crippen LogP contribution in [-0.4, -0.2) is 5.60 Å². The molecule has 1 rings (SSSR count). The maximum atomic E-state index is 6.13. The lowest BCUT2D eigenvalue weighted by Crippen LogP contribution is -2.23. The van der Waals surface area contributed by atoms with Crippen molar-refractivity contribution >= 4 is 0 Å². The highest BCUT2D eigenvalue weighted by Crippen LogP contribution is 2.23. The molecule has 0 amide bonds. The van der Waals surface area contributed by atoms with Gasteiger partial charge in [0, 0.05) is 6.04 Å². The van der Waals surface area contributed by atoms with Gasteiger partial charge in [0.15, 0.2) is 0 Å². The molecular formula is C15H25NO. The van der Waals surface area contributed by atoms with E-state index in [9.17, 15) is 0 Å². The summed E-state index contributed by atoms with van der Waals surface area (Å²) in [6.07, 6.45) is 1.01. The average molecular weight is 235 g/mol. The Labute approximate surface area is 105 Å². The molecule has 0 aromatic heterocycles. The second-order valence-electron chi connectivity index (χ2n) is 6.02. The summed E-state index contributed by atoms with van der Waals surface area (Å²) in [5.41, 5.74) is 7.16. The zero-order valence-electron chi connectivity index (χ0n) is 11.7. The summed E-state index contributed by atoms with van der Waals surface area (Å²) >= 11 is 0. The van der Waals surface area contributed by atoms with Crippen LogP contribution in [0.25, 0.3) is 0 Å². The van der Waals surface area contributed by atoms with E-state index in [2.05, 4.69) is 26.0 Å². The van der Waals surface area contributed by atoms with Crippen LogP contribution in [0.15, 0.2) is 24.3 Å². The molecule has 0 unspecified atom stereocenters. The van der Waals surface area contributed by atoms with Gasteiger partial charge in [0.2, 0.25) is 0 Å². The Morgan fingerprint density at radius 3 is 2.06 bits per heavy atom. The van der Waals surface area contributed by atoms with Crippen molar-refractivity contribution in [1.29, 1.82) is 0 Å². The van der Waals surface area contributed by atoms with Crippen LogP contribution in [0, 0.1) is 5.92 Å². The van der Waals surface area contributed by atoms with Crippen LogP contribution < -0.4 is 10.5 Å². The summed E-state index contributed by atoms with van der Waals surface area (Å²) in [7, 11) is 0. The van der Waals surface area contributed by atoms with Crippen molar-refractivity contribution in [1.82, 2.24) is 0 Å². The molecule has 0 radical (unpaired) electrons. The van der Waals surface area contributed by atoms with E-state index >= 15 is 0 Å². The molecule has 2 heteroatoms. The van der Waals surface area contributed by atoms with Gasteiger partial charge in [0.05, 0.1) is 0 Å². The summed E-state index contributed by atoms with van der Waals surface area (Å²) in [5, 5.41) is 0. The van der Waals surface area contributed by atoms with Gasteiger partial charge in [-0.05, 0) is 50.8 Å². The first-order valence-corrected chi connectivity index (χ1v) is 6.32. The summed E-state index contributed by atoms with van der Waals surface area (Å²) in [4.78, 5) is 0. The van der Waals surface area contributed by atoms with Gasteiger partial charge in [0.25, 0.3) is 0 Å². The molecule has 0 bridgehead atoms. The lowest BCUT2D eigenvalue weighted by atomic mass is 9.98. The van der Waals surface area contributed by atoms with E-state index in [1.165, 1.54) is 5.56 Å². The molecule has 0 aliphatic heterocycles. The Morgan fingerprint density at radius 1 is 1.12 bits per heavy atom. The van der Waals surface area contributed by atoms with E-state index in [4.69, 9.17) is 10.5 Å². The highest BCUT2D eigenvalue weighted by atomic mass is 16.5. The fourth-order valence-corrected chi connectivity index (χ4v) is 1.78. The second kappa shape index (κ2) is 5.54. The Hall–Kier alpha value is -1.02. The number of rotatable bonds is 4. The van der Waals surface area contributed by atoms with Gasteiger partial charge in [-0.15, -0.1) is 0 Å². The zero-order valence-corrected chi connectivity index (χ0v) is 11.7. The van der Waals surface area contributed by atoms with Crippen molar-refractivity contribution in [3.63, 3.8) is 0 Å². The third kappa shape index (κ3) is 5.22. The van der Waals surface area contributed by atoms with E-state index < -0.39 is 0 Å². The fraction of sp³-hybridized carbons (Fsp3) is 0.600. The minimum Gasteiger partial charge on any atom is -0.488 e. The van der Waals surface area contributed by atoms with Crippen molar-refractivity contribution < 1.29 is 4.74 Å². The van der Waals surface area contributed by atoms with E-state index in [1.807, 2.05) is 32.9 Å². The lowest BCUT2D eigenvalue weighted by molar-refractivity contribution is 0.131. The number of ether oxygens (including phenoxy) is 1. The highest BCUT2D eigenvalue weighted by Gasteiger charge is 2.12. The number of hydrogen-bond acceptors (Lipinski definition) is 2. The van der Waals surface area contributed by atoms with Crippen LogP contribution in [0.1, 0.15) is 52.6 Å². The molecule has 0 saturated carbocycles. The maximum absolute atomic E-state index is 6.13. The lowest BCUT2D eigenvalue weighted by Gasteiger charge is -2.22. The molecule has 1 aromatic carbocycles. The van der Waals surface area contributed by atoms with Crippen LogP contribution in [0.3, 0.4) is 0 Å². The summed E-state index contributed by atoms with van der Waals surface area (Å²) in [6, 6.07) is 8.25. The van der Waals surface area contributed by atoms with Crippen molar-refractivity contribution in [3.05, 3.63) is 29.8 Å². The van der Waals surface area contributed by atoms with Crippen LogP contribution >= 0.6 is 0 Å². The molecule has 96 valence electrons. The molecular weight excluding hydrogens is 210 g/mol. The van der Waals surface area contributed by atoms with Crippen LogP contribution in [0.2, 0.25) is 0 Å². The molecule has 2 N–H and O–H groups in total. The van der Waals surface area contributed by atoms with Crippen molar-refractivity contribution in [2.24, 2.45) is 11.7 Å². The Kier molecular flexibility index (Phi) is 4.58. The molecule has 1 aromatic rings. The molecule has 0 saturated heterocycles. The molecule has 0 heterocycles. The van der Waals surface area contributed by atoms with Gasteiger partial charge in [-0.2, -0.15) is 0 Å². The second-order valence-corrected chi connectivity index (χ2v) is 6.02. The third-order valence-electron chi connectivity index (χ3n) is 2.46. The molecule has 17 heavy (non-hydrogen) atoms. The minimum absolute atomic E-state index is 0.124. The number of nitrogens with two attached hydrogens (primary N) is 1. The van der Waals surface area contributed by atoms with Gasteiger partial charge < -0.3 is 10.5 Å². The largest absolute Gasteiger partial charge is 0.488 e. The van der Waals surface area contributed by atoms with Crippen LogP contribution in [-0.2, 0) is 0 Å². The first-order valence-electron chi connectivity index (χ1n) is 6.32. The van der Waals surface area contributed by atoms with Gasteiger partial charge in [-0.3, -0.25) is 0 Å². The van der Waals surface area contributed by atoms with E-state index in [0.717, 1.165) is 12.2 Å². The number of benzene rings is 1. The molecule has 0 fully saturated rings. The normalized spacial score (nSPS) is 13.8. The molecule has 1 atom stereocenters. The smallest absolute Gasteiger partial charge is 0.120 e. The summed E-state index contributed by atoms with van der Waals surface area (Å²) in [6.45, 7) is 10.5. The summed E-state index contributed by atoms with van der Waals surface area (Å²) in [5.74, 6) is 1.52. The van der Waals surface area contributed by atoms with Gasteiger partial charge in [-0.25, -0.2) is 0 Å². The molecule has 0 aliphatic carbocycles. The zero-order chi connectivity index (χ0) is 13.1. The Morgan fingerprint density at radius 2 is 1.65 bits per heavy atom. The van der Waals surface area contributed by atoms with Gasteiger partial charge >= 0.3 is 0 Å². The first-order chi connectivity index (χ1) is 7.78.